The van der Waals surface area contributed by atoms with Crippen LogP contribution in [0.3, 0.4) is 0 Å². The second-order valence-electron chi connectivity index (χ2n) is 2.84. The molecular weight excluding hydrogens is 178 g/mol. The molecule has 68 valence electrons. The third-order valence-corrected chi connectivity index (χ3v) is 1.91. The molecule has 0 saturated carbocycles. The quantitative estimate of drug-likeness (QED) is 0.613. The molecule has 2 rings (SSSR count). The highest BCUT2D eigenvalue weighted by Crippen LogP contribution is 2.21. The van der Waals surface area contributed by atoms with E-state index in [1.54, 1.807) is 0 Å². The van der Waals surface area contributed by atoms with Gasteiger partial charge in [-0.2, -0.15) is 0 Å². The highest BCUT2D eigenvalue weighted by molar-refractivity contribution is 5.99. The van der Waals surface area contributed by atoms with E-state index < -0.39 is 17.4 Å². The smallest absolute Gasteiger partial charge is 0.191 e. The first-order valence-corrected chi connectivity index (χ1v) is 3.77. The zero-order valence-electron chi connectivity index (χ0n) is 6.64. The van der Waals surface area contributed by atoms with Crippen LogP contribution < -0.4 is 0 Å². The molecule has 0 unspecified atom stereocenters. The number of hydrogen-bond donors (Lipinski definition) is 0. The largest absolute Gasteiger partial charge is 0.369 e. The van der Waals surface area contributed by atoms with Gasteiger partial charge in [-0.1, -0.05) is 0 Å². The van der Waals surface area contributed by atoms with Crippen LogP contribution >= 0.6 is 0 Å². The number of benzene rings is 1. The fourth-order valence-electron chi connectivity index (χ4n) is 1.38. The summed E-state index contributed by atoms with van der Waals surface area (Å²) in [6.07, 6.45) is 0. The molecule has 1 heterocycles. The molecule has 1 aromatic carbocycles. The molecule has 0 aromatic heterocycles. The second-order valence-corrected chi connectivity index (χ2v) is 2.84. The molecule has 13 heavy (non-hydrogen) atoms. The van der Waals surface area contributed by atoms with Crippen LogP contribution in [0.5, 0.6) is 0 Å². The van der Waals surface area contributed by atoms with Crippen LogP contribution in [0.4, 0.5) is 8.78 Å². The summed E-state index contributed by atoms with van der Waals surface area (Å²) < 4.78 is 30.6. The summed E-state index contributed by atoms with van der Waals surface area (Å²) in [5, 5.41) is 0. The lowest BCUT2D eigenvalue weighted by atomic mass is 10.0. The number of ether oxygens (including phenoxy) is 1. The highest BCUT2D eigenvalue weighted by atomic mass is 19.1. The topological polar surface area (TPSA) is 26.3 Å². The number of carbonyl (C=O) groups excluding carboxylic acids is 1. The lowest BCUT2D eigenvalue weighted by Gasteiger charge is -2.15. The Morgan fingerprint density at radius 2 is 2.00 bits per heavy atom. The Bertz CT molecular complexity index is 374. The molecule has 0 aliphatic carbocycles. The van der Waals surface area contributed by atoms with E-state index in [-0.39, 0.29) is 24.3 Å². The van der Waals surface area contributed by atoms with Crippen molar-refractivity contribution in [1.29, 1.82) is 0 Å². The zero-order valence-corrected chi connectivity index (χ0v) is 6.64. The van der Waals surface area contributed by atoms with Crippen molar-refractivity contribution in [3.63, 3.8) is 0 Å². The summed E-state index contributed by atoms with van der Waals surface area (Å²) in [5.74, 6) is -1.92. The maximum Gasteiger partial charge on any atom is 0.191 e. The van der Waals surface area contributed by atoms with E-state index in [4.69, 9.17) is 4.74 Å². The van der Waals surface area contributed by atoms with Crippen LogP contribution in [0.2, 0.25) is 0 Å². The molecular formula is C9H6F2O2. The average molecular weight is 184 g/mol. The minimum atomic E-state index is -0.802. The molecule has 1 aliphatic heterocycles. The number of halogens is 2. The van der Waals surface area contributed by atoms with Crippen molar-refractivity contribution in [2.45, 2.75) is 6.61 Å². The molecule has 1 aliphatic rings. The molecule has 4 heteroatoms. The van der Waals surface area contributed by atoms with E-state index in [1.807, 2.05) is 0 Å². The predicted octanol–water partition coefficient (Wildman–Crippen LogP) is 1.68. The molecule has 0 saturated heterocycles. The Hall–Kier alpha value is -1.29. The van der Waals surface area contributed by atoms with Crippen LogP contribution in [0.1, 0.15) is 15.9 Å². The van der Waals surface area contributed by atoms with Crippen molar-refractivity contribution in [3.8, 4) is 0 Å². The summed E-state index contributed by atoms with van der Waals surface area (Å²) in [7, 11) is 0. The van der Waals surface area contributed by atoms with Gasteiger partial charge in [0.2, 0.25) is 0 Å². The van der Waals surface area contributed by atoms with Crippen molar-refractivity contribution >= 4 is 5.78 Å². The van der Waals surface area contributed by atoms with E-state index in [9.17, 15) is 13.6 Å². The monoisotopic (exact) mass is 184 g/mol. The van der Waals surface area contributed by atoms with E-state index in [2.05, 4.69) is 0 Å². The van der Waals surface area contributed by atoms with Gasteiger partial charge in [0.25, 0.3) is 0 Å². The number of hydrogen-bond acceptors (Lipinski definition) is 2. The predicted molar refractivity (Wildman–Crippen MR) is 40.3 cm³/mol. The van der Waals surface area contributed by atoms with Crippen LogP contribution in [-0.4, -0.2) is 12.4 Å². The first-order valence-electron chi connectivity index (χ1n) is 3.77. The van der Waals surface area contributed by atoms with E-state index in [1.165, 1.54) is 0 Å². The fourth-order valence-corrected chi connectivity index (χ4v) is 1.38. The third kappa shape index (κ3) is 1.33. The van der Waals surface area contributed by atoms with Gasteiger partial charge in [0.05, 0.1) is 12.2 Å². The van der Waals surface area contributed by atoms with E-state index >= 15 is 0 Å². The summed E-state index contributed by atoms with van der Waals surface area (Å²) in [4.78, 5) is 11.1. The lowest BCUT2D eigenvalue weighted by molar-refractivity contribution is 0.0657. The maximum absolute atomic E-state index is 13.1. The van der Waals surface area contributed by atoms with Gasteiger partial charge >= 0.3 is 0 Å². The van der Waals surface area contributed by atoms with Crippen LogP contribution in [0.25, 0.3) is 0 Å². The summed E-state index contributed by atoms with van der Waals surface area (Å²) >= 11 is 0. The zero-order chi connectivity index (χ0) is 9.42. The number of carbonyl (C=O) groups is 1. The minimum Gasteiger partial charge on any atom is -0.369 e. The van der Waals surface area contributed by atoms with Crippen LogP contribution in [0, 0.1) is 11.6 Å². The first-order chi connectivity index (χ1) is 6.18. The Kier molecular flexibility index (Phi) is 1.84. The van der Waals surface area contributed by atoms with Gasteiger partial charge < -0.3 is 4.74 Å². The maximum atomic E-state index is 13.1. The fraction of sp³-hybridized carbons (Fsp3) is 0.222. The molecule has 2 nitrogen and oxygen atoms in total. The van der Waals surface area contributed by atoms with E-state index in [0.717, 1.165) is 6.07 Å². The molecule has 0 atom stereocenters. The summed E-state index contributed by atoms with van der Waals surface area (Å²) in [6.45, 7) is -0.0364. The molecule has 0 N–H and O–H groups in total. The van der Waals surface area contributed by atoms with E-state index in [0.29, 0.717) is 6.07 Å². The molecule has 0 spiro atoms. The van der Waals surface area contributed by atoms with Crippen molar-refractivity contribution in [1.82, 2.24) is 0 Å². The summed E-state index contributed by atoms with van der Waals surface area (Å²) in [6, 6.07) is 1.83. The van der Waals surface area contributed by atoms with Gasteiger partial charge in [-0.25, -0.2) is 8.78 Å². The normalized spacial score (nSPS) is 15.7. The Morgan fingerprint density at radius 1 is 1.23 bits per heavy atom. The van der Waals surface area contributed by atoms with Gasteiger partial charge in [0, 0.05) is 6.07 Å². The van der Waals surface area contributed by atoms with Crippen molar-refractivity contribution in [2.75, 3.05) is 6.61 Å². The molecule has 1 aromatic rings. The molecule has 0 fully saturated rings. The highest BCUT2D eigenvalue weighted by Gasteiger charge is 2.22. The lowest BCUT2D eigenvalue weighted by Crippen LogP contribution is -2.20. The molecule has 0 bridgehead atoms. The van der Waals surface area contributed by atoms with Crippen LogP contribution in [-0.2, 0) is 11.3 Å². The molecule has 0 amide bonds. The number of Topliss-reactive ketones (excluding diaryl/α,β-unsaturated/α-hetero) is 1. The SMILES string of the molecule is O=C1COCc2cc(F)cc(F)c21. The van der Waals surface area contributed by atoms with Gasteiger partial charge in [-0.15, -0.1) is 0 Å². The second kappa shape index (κ2) is 2.88. The van der Waals surface area contributed by atoms with Crippen LogP contribution in [0.15, 0.2) is 12.1 Å². The van der Waals surface area contributed by atoms with Crippen molar-refractivity contribution in [2.24, 2.45) is 0 Å². The Morgan fingerprint density at radius 3 is 2.77 bits per heavy atom. The van der Waals surface area contributed by atoms with Gasteiger partial charge in [0.15, 0.2) is 5.78 Å². The molecule has 0 radical (unpaired) electrons. The standard InChI is InChI=1S/C9H6F2O2/c10-6-1-5-3-13-4-8(12)9(5)7(11)2-6/h1-2H,3-4H2. The van der Waals surface area contributed by atoms with Crippen molar-refractivity contribution in [3.05, 3.63) is 34.9 Å². The van der Waals surface area contributed by atoms with Gasteiger partial charge in [0.1, 0.15) is 18.2 Å². The van der Waals surface area contributed by atoms with Gasteiger partial charge in [-0.05, 0) is 11.6 Å². The van der Waals surface area contributed by atoms with Crippen molar-refractivity contribution < 1.29 is 18.3 Å². The van der Waals surface area contributed by atoms with Gasteiger partial charge in [-0.3, -0.25) is 4.79 Å². The first kappa shape index (κ1) is 8.31. The third-order valence-electron chi connectivity index (χ3n) is 1.91. The minimum absolute atomic E-state index is 0.0346. The summed E-state index contributed by atoms with van der Waals surface area (Å²) in [5.41, 5.74) is 0.251. The average Bonchev–Trinajstić information content (AvgIpc) is 2.02. The Labute approximate surface area is 73.1 Å². The number of fused-ring (bicyclic) bond motifs is 1. The Balaban J connectivity index is 2.63. The number of rotatable bonds is 0. The number of ketones is 1.